The third-order valence-corrected chi connectivity index (χ3v) is 7.28. The van der Waals surface area contributed by atoms with Crippen LogP contribution in [0.5, 0.6) is 11.5 Å². The first-order valence-corrected chi connectivity index (χ1v) is 13.9. The number of hydrogen-bond donors (Lipinski definition) is 0. The normalized spacial score (nSPS) is 15.0. The number of benzene rings is 2. The van der Waals surface area contributed by atoms with Crippen molar-refractivity contribution < 1.29 is 9.47 Å². The predicted octanol–water partition coefficient (Wildman–Crippen LogP) is 7.99. The van der Waals surface area contributed by atoms with E-state index in [-0.39, 0.29) is 6.10 Å². The highest BCUT2D eigenvalue weighted by molar-refractivity contribution is 7.99. The molecule has 35 heavy (non-hydrogen) atoms. The van der Waals surface area contributed by atoms with Crippen molar-refractivity contribution in [3.63, 3.8) is 0 Å². The number of hydrogen-bond acceptors (Lipinski definition) is 6. The summed E-state index contributed by atoms with van der Waals surface area (Å²) >= 11 is 1.79. The Morgan fingerprint density at radius 3 is 2.03 bits per heavy atom. The number of aromatic nitrogens is 3. The fourth-order valence-electron chi connectivity index (χ4n) is 4.33. The molecule has 0 spiro atoms. The van der Waals surface area contributed by atoms with Crippen molar-refractivity contribution in [2.45, 2.75) is 88.6 Å². The Balaban J connectivity index is 1.64. The fraction of sp³-hybridized carbons (Fsp3) is 0.483. The molecule has 0 N–H and O–H groups in total. The molecule has 6 heteroatoms. The van der Waals surface area contributed by atoms with Crippen LogP contribution in [0.25, 0.3) is 22.5 Å². The molecule has 0 radical (unpaired) electrons. The molecule has 1 aliphatic carbocycles. The van der Waals surface area contributed by atoms with E-state index < -0.39 is 0 Å². The van der Waals surface area contributed by atoms with Crippen LogP contribution in [0.15, 0.2) is 53.7 Å². The van der Waals surface area contributed by atoms with Crippen LogP contribution in [0.2, 0.25) is 0 Å². The maximum Gasteiger partial charge on any atom is 0.209 e. The van der Waals surface area contributed by atoms with E-state index in [1.54, 1.807) is 11.8 Å². The third-order valence-electron chi connectivity index (χ3n) is 6.09. The van der Waals surface area contributed by atoms with Gasteiger partial charge in [0.25, 0.3) is 0 Å². The summed E-state index contributed by atoms with van der Waals surface area (Å²) in [4.78, 5) is 5.05. The SMILES string of the molecule is CCCOc1ccc(-c2nc(SC3CCCCCCC3)nnc2-c2ccc(OC(C)C)cc2)cc1. The van der Waals surface area contributed by atoms with Crippen LogP contribution in [0.1, 0.15) is 72.1 Å². The molecule has 0 bridgehead atoms. The molecular formula is C29H37N3O2S. The number of ether oxygens (including phenoxy) is 2. The number of rotatable bonds is 9. The van der Waals surface area contributed by atoms with Crippen LogP contribution < -0.4 is 9.47 Å². The maximum atomic E-state index is 5.82. The first-order valence-electron chi connectivity index (χ1n) is 13.0. The number of nitrogens with zero attached hydrogens (tertiary/aromatic N) is 3. The first-order chi connectivity index (χ1) is 17.1. The Morgan fingerprint density at radius 1 is 0.800 bits per heavy atom. The zero-order valence-corrected chi connectivity index (χ0v) is 22.0. The van der Waals surface area contributed by atoms with Gasteiger partial charge in [-0.1, -0.05) is 50.8 Å². The fourth-order valence-corrected chi connectivity index (χ4v) is 5.43. The van der Waals surface area contributed by atoms with Gasteiger partial charge in [-0.3, -0.25) is 0 Å². The van der Waals surface area contributed by atoms with Crippen LogP contribution in [0, 0.1) is 0 Å². The van der Waals surface area contributed by atoms with E-state index in [9.17, 15) is 0 Å². The molecule has 5 nitrogen and oxygen atoms in total. The van der Waals surface area contributed by atoms with Gasteiger partial charge in [0, 0.05) is 16.4 Å². The van der Waals surface area contributed by atoms with Crippen LogP contribution in [-0.4, -0.2) is 33.1 Å². The lowest BCUT2D eigenvalue weighted by molar-refractivity contribution is 0.242. The molecule has 1 aromatic heterocycles. The average molecular weight is 492 g/mol. The van der Waals surface area contributed by atoms with Gasteiger partial charge in [0.05, 0.1) is 12.7 Å². The largest absolute Gasteiger partial charge is 0.494 e. The summed E-state index contributed by atoms with van der Waals surface area (Å²) in [5.41, 5.74) is 3.63. The van der Waals surface area contributed by atoms with E-state index in [1.807, 2.05) is 50.2 Å². The second kappa shape index (κ2) is 12.9. The van der Waals surface area contributed by atoms with E-state index in [2.05, 4.69) is 29.3 Å². The van der Waals surface area contributed by atoms with Gasteiger partial charge in [0.2, 0.25) is 5.16 Å². The van der Waals surface area contributed by atoms with Gasteiger partial charge in [-0.25, -0.2) is 4.98 Å². The van der Waals surface area contributed by atoms with E-state index >= 15 is 0 Å². The van der Waals surface area contributed by atoms with Crippen molar-refractivity contribution in [3.05, 3.63) is 48.5 Å². The van der Waals surface area contributed by atoms with Crippen molar-refractivity contribution in [2.75, 3.05) is 6.61 Å². The molecule has 1 saturated carbocycles. The molecule has 0 unspecified atom stereocenters. The summed E-state index contributed by atoms with van der Waals surface area (Å²) < 4.78 is 11.6. The quantitative estimate of drug-likeness (QED) is 0.302. The van der Waals surface area contributed by atoms with Crippen LogP contribution >= 0.6 is 11.8 Å². The van der Waals surface area contributed by atoms with E-state index in [1.165, 1.54) is 44.9 Å². The third kappa shape index (κ3) is 7.44. The van der Waals surface area contributed by atoms with Gasteiger partial charge in [-0.2, -0.15) is 0 Å². The summed E-state index contributed by atoms with van der Waals surface area (Å²) in [7, 11) is 0. The monoisotopic (exact) mass is 491 g/mol. The van der Waals surface area contributed by atoms with Gasteiger partial charge >= 0.3 is 0 Å². The molecule has 1 aliphatic rings. The summed E-state index contributed by atoms with van der Waals surface area (Å²) in [6, 6.07) is 16.2. The van der Waals surface area contributed by atoms with E-state index in [4.69, 9.17) is 14.5 Å². The molecular weight excluding hydrogens is 454 g/mol. The smallest absolute Gasteiger partial charge is 0.209 e. The Bertz CT molecular complexity index is 1050. The Kier molecular flexibility index (Phi) is 9.41. The molecule has 1 fully saturated rings. The zero-order valence-electron chi connectivity index (χ0n) is 21.2. The number of thioether (sulfide) groups is 1. The Morgan fingerprint density at radius 2 is 1.40 bits per heavy atom. The minimum atomic E-state index is 0.135. The first kappa shape index (κ1) is 25.5. The van der Waals surface area contributed by atoms with Crippen molar-refractivity contribution in [1.82, 2.24) is 15.2 Å². The van der Waals surface area contributed by atoms with Crippen LogP contribution in [0.3, 0.4) is 0 Å². The van der Waals surface area contributed by atoms with Gasteiger partial charge in [0.1, 0.15) is 22.9 Å². The summed E-state index contributed by atoms with van der Waals surface area (Å²) in [5, 5.41) is 10.6. The second-order valence-electron chi connectivity index (χ2n) is 9.44. The summed E-state index contributed by atoms with van der Waals surface area (Å²) in [6.07, 6.45) is 10.2. The average Bonchev–Trinajstić information content (AvgIpc) is 2.85. The highest BCUT2D eigenvalue weighted by Gasteiger charge is 2.18. The molecule has 1 heterocycles. The molecule has 0 amide bonds. The van der Waals surface area contributed by atoms with Crippen molar-refractivity contribution in [2.24, 2.45) is 0 Å². The van der Waals surface area contributed by atoms with Crippen molar-refractivity contribution in [1.29, 1.82) is 0 Å². The second-order valence-corrected chi connectivity index (χ2v) is 10.7. The lowest BCUT2D eigenvalue weighted by Crippen LogP contribution is -2.08. The van der Waals surface area contributed by atoms with E-state index in [0.29, 0.717) is 11.9 Å². The molecule has 0 saturated heterocycles. The minimum absolute atomic E-state index is 0.135. The summed E-state index contributed by atoms with van der Waals surface area (Å²) in [5.74, 6) is 1.72. The minimum Gasteiger partial charge on any atom is -0.494 e. The van der Waals surface area contributed by atoms with Crippen molar-refractivity contribution in [3.8, 4) is 34.0 Å². The highest BCUT2D eigenvalue weighted by atomic mass is 32.2. The molecule has 0 aliphatic heterocycles. The topological polar surface area (TPSA) is 57.1 Å². The molecule has 0 atom stereocenters. The van der Waals surface area contributed by atoms with E-state index in [0.717, 1.165) is 45.6 Å². The molecule has 3 aromatic rings. The Hall–Kier alpha value is -2.60. The van der Waals surface area contributed by atoms with Gasteiger partial charge < -0.3 is 9.47 Å². The maximum absolute atomic E-state index is 5.82. The molecule has 4 rings (SSSR count). The zero-order chi connectivity index (χ0) is 24.5. The highest BCUT2D eigenvalue weighted by Crippen LogP contribution is 2.35. The predicted molar refractivity (Wildman–Crippen MR) is 144 cm³/mol. The van der Waals surface area contributed by atoms with Crippen molar-refractivity contribution >= 4 is 11.8 Å². The van der Waals surface area contributed by atoms with Crippen LogP contribution in [0.4, 0.5) is 0 Å². The molecule has 186 valence electrons. The van der Waals surface area contributed by atoms with Gasteiger partial charge in [-0.05, 0) is 81.6 Å². The van der Waals surface area contributed by atoms with Gasteiger partial charge in [-0.15, -0.1) is 10.2 Å². The lowest BCUT2D eigenvalue weighted by atomic mass is 10.0. The van der Waals surface area contributed by atoms with Gasteiger partial charge in [0.15, 0.2) is 0 Å². The van der Waals surface area contributed by atoms with Crippen LogP contribution in [-0.2, 0) is 0 Å². The lowest BCUT2D eigenvalue weighted by Gasteiger charge is -2.18. The Labute approximate surface area is 214 Å². The molecule has 2 aromatic carbocycles. The summed E-state index contributed by atoms with van der Waals surface area (Å²) in [6.45, 7) is 6.88. The standard InChI is InChI=1S/C29H37N3O2S/c1-4-20-33-24-16-12-22(13-17-24)27-28(23-14-18-25(19-15-23)34-21(2)3)31-32-29(30-27)35-26-10-8-6-5-7-9-11-26/h12-19,21,26H,4-11,20H2,1-3H3.